The summed E-state index contributed by atoms with van der Waals surface area (Å²) >= 11 is 0. The quantitative estimate of drug-likeness (QED) is 0.496. The Kier molecular flexibility index (Phi) is 6.29. The van der Waals surface area contributed by atoms with E-state index in [0.717, 1.165) is 17.7 Å². The van der Waals surface area contributed by atoms with Gasteiger partial charge in [0.15, 0.2) is 0 Å². The Morgan fingerprint density at radius 1 is 0.833 bits per heavy atom. The molecule has 0 saturated carbocycles. The van der Waals surface area contributed by atoms with Gasteiger partial charge in [-0.2, -0.15) is 13.2 Å². The molecule has 3 rings (SSSR count). The van der Waals surface area contributed by atoms with Gasteiger partial charge in [0.05, 0.1) is 42.6 Å². The summed E-state index contributed by atoms with van der Waals surface area (Å²) in [6, 6.07) is 10.6. The van der Waals surface area contributed by atoms with Crippen LogP contribution < -0.4 is 9.47 Å². The molecular formula is C23H23F3N2O2. The van der Waals surface area contributed by atoms with Crippen LogP contribution in [0.5, 0.6) is 11.5 Å². The van der Waals surface area contributed by atoms with Gasteiger partial charge in [0, 0.05) is 17.2 Å². The van der Waals surface area contributed by atoms with Crippen LogP contribution in [0.2, 0.25) is 0 Å². The summed E-state index contributed by atoms with van der Waals surface area (Å²) in [5.74, 6) is 1.24. The zero-order chi connectivity index (χ0) is 21.9. The second-order valence-electron chi connectivity index (χ2n) is 6.67. The number of benzene rings is 2. The lowest BCUT2D eigenvalue weighted by Gasteiger charge is -2.16. The third-order valence-corrected chi connectivity index (χ3v) is 4.84. The number of halogens is 3. The molecule has 0 spiro atoms. The van der Waals surface area contributed by atoms with Gasteiger partial charge in [0.25, 0.3) is 0 Å². The zero-order valence-corrected chi connectivity index (χ0v) is 17.3. The van der Waals surface area contributed by atoms with Crippen molar-refractivity contribution in [1.82, 2.24) is 9.97 Å². The van der Waals surface area contributed by atoms with E-state index in [1.165, 1.54) is 6.07 Å². The summed E-state index contributed by atoms with van der Waals surface area (Å²) < 4.78 is 50.3. The van der Waals surface area contributed by atoms with Gasteiger partial charge < -0.3 is 9.47 Å². The van der Waals surface area contributed by atoms with Gasteiger partial charge in [-0.1, -0.05) is 26.0 Å². The lowest BCUT2D eigenvalue weighted by molar-refractivity contribution is -0.137. The molecule has 0 bridgehead atoms. The van der Waals surface area contributed by atoms with Gasteiger partial charge in [0.2, 0.25) is 0 Å². The summed E-state index contributed by atoms with van der Waals surface area (Å²) in [6.45, 7) is 3.84. The summed E-state index contributed by atoms with van der Waals surface area (Å²) in [5.41, 5.74) is 2.89. The lowest BCUT2D eigenvalue weighted by atomic mass is 10.0. The van der Waals surface area contributed by atoms with Crippen molar-refractivity contribution in [2.45, 2.75) is 32.9 Å². The van der Waals surface area contributed by atoms with Crippen LogP contribution in [-0.4, -0.2) is 24.2 Å². The fraction of sp³-hybridized carbons (Fsp3) is 0.304. The molecule has 7 heteroatoms. The number of rotatable bonds is 6. The number of alkyl halides is 3. The number of ether oxygens (including phenoxy) is 2. The first kappa shape index (κ1) is 21.6. The maximum atomic E-state index is 13.2. The standard InChI is InChI=1S/C23H23F3N2O2/c1-5-18-21(14-8-7-9-15(12-14)23(24,25)26)27-19(6-2)22(28-18)17-11-10-16(29-3)13-20(17)30-4/h7-13H,5-6H2,1-4H3. The minimum atomic E-state index is -4.42. The van der Waals surface area contributed by atoms with Crippen molar-refractivity contribution in [2.24, 2.45) is 0 Å². The zero-order valence-electron chi connectivity index (χ0n) is 17.3. The molecule has 0 atom stereocenters. The first-order chi connectivity index (χ1) is 14.3. The highest BCUT2D eigenvalue weighted by molar-refractivity contribution is 5.73. The predicted octanol–water partition coefficient (Wildman–Crippen LogP) is 5.97. The number of nitrogens with zero attached hydrogens (tertiary/aromatic N) is 2. The average Bonchev–Trinajstić information content (AvgIpc) is 2.77. The van der Waals surface area contributed by atoms with E-state index in [-0.39, 0.29) is 0 Å². The Balaban J connectivity index is 2.20. The Bertz CT molecular complexity index is 1050. The predicted molar refractivity (Wildman–Crippen MR) is 110 cm³/mol. The van der Waals surface area contributed by atoms with Gasteiger partial charge in [-0.15, -0.1) is 0 Å². The minimum Gasteiger partial charge on any atom is -0.497 e. The molecule has 2 aromatic carbocycles. The van der Waals surface area contributed by atoms with Crippen LogP contribution >= 0.6 is 0 Å². The van der Waals surface area contributed by atoms with Crippen molar-refractivity contribution in [1.29, 1.82) is 0 Å². The second-order valence-corrected chi connectivity index (χ2v) is 6.67. The first-order valence-electron chi connectivity index (χ1n) is 9.62. The van der Waals surface area contributed by atoms with Crippen LogP contribution in [0.1, 0.15) is 30.8 Å². The van der Waals surface area contributed by atoms with Crippen LogP contribution in [0, 0.1) is 0 Å². The normalized spacial score (nSPS) is 11.4. The molecule has 0 amide bonds. The largest absolute Gasteiger partial charge is 0.497 e. The van der Waals surface area contributed by atoms with E-state index in [9.17, 15) is 13.2 Å². The summed E-state index contributed by atoms with van der Waals surface area (Å²) in [5, 5.41) is 0. The highest BCUT2D eigenvalue weighted by atomic mass is 19.4. The molecule has 0 aliphatic heterocycles. The van der Waals surface area contributed by atoms with Gasteiger partial charge >= 0.3 is 6.18 Å². The van der Waals surface area contributed by atoms with Crippen molar-refractivity contribution in [2.75, 3.05) is 14.2 Å². The molecule has 158 valence electrons. The van der Waals surface area contributed by atoms with Crippen molar-refractivity contribution in [3.8, 4) is 34.0 Å². The highest BCUT2D eigenvalue weighted by Crippen LogP contribution is 2.37. The van der Waals surface area contributed by atoms with Crippen LogP contribution in [0.15, 0.2) is 42.5 Å². The lowest BCUT2D eigenvalue weighted by Crippen LogP contribution is -2.07. The molecule has 4 nitrogen and oxygen atoms in total. The molecule has 0 unspecified atom stereocenters. The molecule has 30 heavy (non-hydrogen) atoms. The van der Waals surface area contributed by atoms with Gasteiger partial charge in [0.1, 0.15) is 11.5 Å². The van der Waals surface area contributed by atoms with Crippen LogP contribution in [-0.2, 0) is 19.0 Å². The van der Waals surface area contributed by atoms with Crippen LogP contribution in [0.3, 0.4) is 0 Å². The van der Waals surface area contributed by atoms with Crippen molar-refractivity contribution >= 4 is 0 Å². The first-order valence-corrected chi connectivity index (χ1v) is 9.62. The van der Waals surface area contributed by atoms with Crippen LogP contribution in [0.25, 0.3) is 22.5 Å². The molecule has 0 aliphatic rings. The van der Waals surface area contributed by atoms with Crippen molar-refractivity contribution < 1.29 is 22.6 Å². The average molecular weight is 416 g/mol. The smallest absolute Gasteiger partial charge is 0.416 e. The van der Waals surface area contributed by atoms with Crippen LogP contribution in [0.4, 0.5) is 13.2 Å². The maximum Gasteiger partial charge on any atom is 0.416 e. The maximum absolute atomic E-state index is 13.2. The summed E-state index contributed by atoms with van der Waals surface area (Å²) in [6.07, 6.45) is -3.33. The molecular weight excluding hydrogens is 393 g/mol. The van der Waals surface area contributed by atoms with E-state index in [4.69, 9.17) is 19.4 Å². The Morgan fingerprint density at radius 3 is 2.10 bits per heavy atom. The minimum absolute atomic E-state index is 0.400. The third-order valence-electron chi connectivity index (χ3n) is 4.84. The second kappa shape index (κ2) is 8.73. The van der Waals surface area contributed by atoms with E-state index in [2.05, 4.69) is 0 Å². The van der Waals surface area contributed by atoms with E-state index < -0.39 is 11.7 Å². The van der Waals surface area contributed by atoms with Gasteiger partial charge in [-0.25, -0.2) is 9.97 Å². The van der Waals surface area contributed by atoms with E-state index >= 15 is 0 Å². The van der Waals surface area contributed by atoms with E-state index in [1.807, 2.05) is 26.0 Å². The number of aromatic nitrogens is 2. The summed E-state index contributed by atoms with van der Waals surface area (Å²) in [7, 11) is 3.14. The number of methoxy groups -OCH3 is 2. The van der Waals surface area contributed by atoms with E-state index in [1.54, 1.807) is 26.4 Å². The highest BCUT2D eigenvalue weighted by Gasteiger charge is 2.31. The molecule has 0 N–H and O–H groups in total. The van der Waals surface area contributed by atoms with Crippen molar-refractivity contribution in [3.63, 3.8) is 0 Å². The van der Waals surface area contributed by atoms with Gasteiger partial charge in [-0.3, -0.25) is 0 Å². The molecule has 0 radical (unpaired) electrons. The molecule has 0 aliphatic carbocycles. The molecule has 0 fully saturated rings. The number of hydrogen-bond acceptors (Lipinski definition) is 4. The van der Waals surface area contributed by atoms with Crippen molar-refractivity contribution in [3.05, 3.63) is 59.4 Å². The molecule has 0 saturated heterocycles. The number of hydrogen-bond donors (Lipinski definition) is 0. The molecule has 3 aromatic rings. The fourth-order valence-corrected chi connectivity index (χ4v) is 3.28. The fourth-order valence-electron chi connectivity index (χ4n) is 3.28. The third kappa shape index (κ3) is 4.25. The topological polar surface area (TPSA) is 44.2 Å². The monoisotopic (exact) mass is 416 g/mol. The van der Waals surface area contributed by atoms with E-state index in [0.29, 0.717) is 52.7 Å². The SMILES string of the molecule is CCc1nc(-c2ccc(OC)cc2OC)c(CC)nc1-c1cccc(C(F)(F)F)c1. The summed E-state index contributed by atoms with van der Waals surface area (Å²) in [4.78, 5) is 9.53. The van der Waals surface area contributed by atoms with Gasteiger partial charge in [-0.05, 0) is 37.1 Å². The Labute approximate surface area is 173 Å². The number of aryl methyl sites for hydroxylation is 2. The molecule has 1 heterocycles. The molecule has 1 aromatic heterocycles. The Hall–Kier alpha value is -3.09. The Morgan fingerprint density at radius 2 is 1.50 bits per heavy atom.